The van der Waals surface area contributed by atoms with E-state index in [4.69, 9.17) is 10.8 Å². The number of sulfone groups is 1. The van der Waals surface area contributed by atoms with Crippen LogP contribution in [-0.4, -0.2) is 31.1 Å². The molecular weight excluding hydrogens is 146 g/mol. The average Bonchev–Trinajstić information content (AvgIpc) is 1.62. The molecular formula is C3H7NO4S. The highest BCUT2D eigenvalue weighted by molar-refractivity contribution is 7.92. The molecule has 0 aromatic rings. The molecule has 0 aliphatic rings. The summed E-state index contributed by atoms with van der Waals surface area (Å²) in [7, 11) is -3.62. The number of carbonyl (C=O) groups is 1. The molecule has 54 valence electrons. The largest absolute Gasteiger partial charge is 0.479 e. The molecule has 6 heteroatoms. The van der Waals surface area contributed by atoms with Gasteiger partial charge in [-0.15, -0.1) is 0 Å². The van der Waals surface area contributed by atoms with Crippen LogP contribution in [0.25, 0.3) is 0 Å². The molecule has 3 N–H and O–H groups in total. The Morgan fingerprint density at radius 3 is 2.00 bits per heavy atom. The first-order chi connectivity index (χ1) is 3.85. The predicted molar refractivity (Wildman–Crippen MR) is 30.5 cm³/mol. The second-order valence-corrected chi connectivity index (χ2v) is 3.76. The molecule has 0 saturated carbocycles. The minimum absolute atomic E-state index is 0.770. The van der Waals surface area contributed by atoms with Crippen molar-refractivity contribution in [1.29, 1.82) is 0 Å². The summed E-state index contributed by atoms with van der Waals surface area (Å²) in [5.74, 6) is -1.53. The van der Waals surface area contributed by atoms with Gasteiger partial charge in [0.05, 0.1) is 0 Å². The van der Waals surface area contributed by atoms with Crippen LogP contribution < -0.4 is 5.73 Å². The summed E-state index contributed by atoms with van der Waals surface area (Å²) in [6, 6.07) is 0. The first kappa shape index (κ1) is 8.38. The Hall–Kier alpha value is -0.620. The van der Waals surface area contributed by atoms with Gasteiger partial charge in [-0.05, 0) is 0 Å². The van der Waals surface area contributed by atoms with E-state index in [0.29, 0.717) is 0 Å². The second-order valence-electron chi connectivity index (χ2n) is 1.59. The van der Waals surface area contributed by atoms with Gasteiger partial charge in [0.1, 0.15) is 0 Å². The van der Waals surface area contributed by atoms with E-state index in [1.807, 2.05) is 0 Å². The van der Waals surface area contributed by atoms with E-state index in [2.05, 4.69) is 0 Å². The van der Waals surface area contributed by atoms with Crippen molar-refractivity contribution in [2.45, 2.75) is 5.37 Å². The Morgan fingerprint density at radius 2 is 2.00 bits per heavy atom. The van der Waals surface area contributed by atoms with Crippen LogP contribution >= 0.6 is 0 Å². The average molecular weight is 153 g/mol. The molecule has 0 heterocycles. The highest BCUT2D eigenvalue weighted by Crippen LogP contribution is 1.88. The van der Waals surface area contributed by atoms with Gasteiger partial charge in [0.25, 0.3) is 0 Å². The molecule has 1 atom stereocenters. The maximum absolute atomic E-state index is 10.3. The number of carboxylic acids is 1. The summed E-state index contributed by atoms with van der Waals surface area (Å²) < 4.78 is 20.5. The van der Waals surface area contributed by atoms with Crippen molar-refractivity contribution >= 4 is 15.8 Å². The molecule has 0 amide bonds. The molecule has 0 aromatic carbocycles. The number of hydrogen-bond acceptors (Lipinski definition) is 4. The van der Waals surface area contributed by atoms with Crippen LogP contribution in [0.4, 0.5) is 0 Å². The molecule has 0 aliphatic heterocycles. The Balaban J connectivity index is 4.43. The third-order valence-corrected chi connectivity index (χ3v) is 1.83. The molecule has 9 heavy (non-hydrogen) atoms. The van der Waals surface area contributed by atoms with E-state index < -0.39 is 21.2 Å². The number of aliphatic carboxylic acids is 1. The number of carboxylic acid groups (broad SMARTS) is 1. The molecule has 0 spiro atoms. The quantitative estimate of drug-likeness (QED) is 0.498. The first-order valence-corrected chi connectivity index (χ1v) is 3.98. The molecule has 0 aromatic heterocycles. The van der Waals surface area contributed by atoms with Crippen LogP contribution in [0, 0.1) is 0 Å². The summed E-state index contributed by atoms with van der Waals surface area (Å²) in [4.78, 5) is 9.84. The van der Waals surface area contributed by atoms with Crippen molar-refractivity contribution in [2.24, 2.45) is 5.73 Å². The maximum Gasteiger partial charge on any atom is 0.336 e. The lowest BCUT2D eigenvalue weighted by Gasteiger charge is -2.00. The van der Waals surface area contributed by atoms with Crippen molar-refractivity contribution < 1.29 is 18.3 Å². The van der Waals surface area contributed by atoms with Crippen LogP contribution in [0.2, 0.25) is 0 Å². The van der Waals surface area contributed by atoms with Crippen molar-refractivity contribution in [2.75, 3.05) is 6.26 Å². The van der Waals surface area contributed by atoms with Gasteiger partial charge in [0.2, 0.25) is 5.37 Å². The fourth-order valence-corrected chi connectivity index (χ4v) is 0.549. The van der Waals surface area contributed by atoms with Gasteiger partial charge in [-0.1, -0.05) is 0 Å². The molecule has 0 saturated heterocycles. The van der Waals surface area contributed by atoms with Gasteiger partial charge in [-0.3, -0.25) is 0 Å². The third-order valence-electron chi connectivity index (χ3n) is 0.705. The van der Waals surface area contributed by atoms with E-state index in [-0.39, 0.29) is 0 Å². The zero-order valence-corrected chi connectivity index (χ0v) is 5.55. The van der Waals surface area contributed by atoms with Crippen molar-refractivity contribution in [3.05, 3.63) is 0 Å². The van der Waals surface area contributed by atoms with Crippen LogP contribution in [0.5, 0.6) is 0 Å². The number of nitrogens with two attached hydrogens (primary N) is 1. The highest BCUT2D eigenvalue weighted by Gasteiger charge is 2.22. The van der Waals surface area contributed by atoms with Crippen molar-refractivity contribution in [3.63, 3.8) is 0 Å². The monoisotopic (exact) mass is 153 g/mol. The lowest BCUT2D eigenvalue weighted by Crippen LogP contribution is -2.37. The summed E-state index contributed by atoms with van der Waals surface area (Å²) in [5, 5.41) is 6.22. The van der Waals surface area contributed by atoms with E-state index in [1.165, 1.54) is 0 Å². The van der Waals surface area contributed by atoms with Crippen LogP contribution in [0.15, 0.2) is 0 Å². The Labute approximate surface area is 52.4 Å². The predicted octanol–water partition coefficient (Wildman–Crippen LogP) is -1.60. The molecule has 0 aliphatic carbocycles. The first-order valence-electron chi connectivity index (χ1n) is 2.03. The van der Waals surface area contributed by atoms with E-state index in [1.54, 1.807) is 0 Å². The highest BCUT2D eigenvalue weighted by atomic mass is 32.2. The van der Waals surface area contributed by atoms with Crippen molar-refractivity contribution in [3.8, 4) is 0 Å². The van der Waals surface area contributed by atoms with Crippen LogP contribution in [0.3, 0.4) is 0 Å². The summed E-state index contributed by atoms with van der Waals surface area (Å²) in [6.45, 7) is 0. The molecule has 5 nitrogen and oxygen atoms in total. The maximum atomic E-state index is 10.3. The second kappa shape index (κ2) is 2.32. The molecule has 0 radical (unpaired) electrons. The zero-order valence-electron chi connectivity index (χ0n) is 4.73. The van der Waals surface area contributed by atoms with Gasteiger partial charge in [-0.25, -0.2) is 13.2 Å². The minimum Gasteiger partial charge on any atom is -0.479 e. The number of hydrogen-bond donors (Lipinski definition) is 2. The van der Waals surface area contributed by atoms with E-state index >= 15 is 0 Å². The molecule has 0 fully saturated rings. The summed E-state index contributed by atoms with van der Waals surface area (Å²) >= 11 is 0. The topological polar surface area (TPSA) is 97.5 Å². The van der Waals surface area contributed by atoms with E-state index in [0.717, 1.165) is 6.26 Å². The lowest BCUT2D eigenvalue weighted by molar-refractivity contribution is -0.136. The van der Waals surface area contributed by atoms with E-state index in [9.17, 15) is 13.2 Å². The van der Waals surface area contributed by atoms with Gasteiger partial charge in [0, 0.05) is 6.26 Å². The minimum atomic E-state index is -3.62. The molecule has 0 bridgehead atoms. The fourth-order valence-electron chi connectivity index (χ4n) is 0.183. The van der Waals surface area contributed by atoms with Gasteiger partial charge < -0.3 is 10.8 Å². The standard InChI is InChI=1S/C3H7NO4S/c1-9(7,8)2(4)3(5)6/h2H,4H2,1H3,(H,5,6)/t2-/m1/s1. The third kappa shape index (κ3) is 2.43. The zero-order chi connectivity index (χ0) is 7.65. The molecule has 0 rings (SSSR count). The van der Waals surface area contributed by atoms with Crippen LogP contribution in [0.1, 0.15) is 0 Å². The van der Waals surface area contributed by atoms with Crippen LogP contribution in [-0.2, 0) is 14.6 Å². The molecule has 0 unspecified atom stereocenters. The smallest absolute Gasteiger partial charge is 0.336 e. The summed E-state index contributed by atoms with van der Waals surface area (Å²) in [6.07, 6.45) is 0.770. The van der Waals surface area contributed by atoms with Gasteiger partial charge >= 0.3 is 5.97 Å². The SMILES string of the molecule is CS(=O)(=O)[C@@H](N)C(=O)O. The van der Waals surface area contributed by atoms with Gasteiger partial charge in [-0.2, -0.15) is 0 Å². The fraction of sp³-hybridized carbons (Fsp3) is 0.667. The van der Waals surface area contributed by atoms with Crippen molar-refractivity contribution in [1.82, 2.24) is 0 Å². The Bertz CT molecular complexity index is 206. The Kier molecular flexibility index (Phi) is 2.16. The summed E-state index contributed by atoms with van der Waals surface area (Å²) in [5.41, 5.74) is 4.71. The normalized spacial score (nSPS) is 14.9. The van der Waals surface area contributed by atoms with Gasteiger partial charge in [0.15, 0.2) is 9.84 Å². The lowest BCUT2D eigenvalue weighted by atomic mass is 10.7. The number of rotatable bonds is 2. The Morgan fingerprint density at radius 1 is 1.67 bits per heavy atom.